The fraction of sp³-hybridized carbons (Fsp3) is 0.917. The van der Waals surface area contributed by atoms with E-state index in [1.165, 1.54) is 11.2 Å². The molecule has 0 bridgehead atoms. The van der Waals surface area contributed by atoms with Gasteiger partial charge >= 0.3 is 0 Å². The summed E-state index contributed by atoms with van der Waals surface area (Å²) >= 11 is 0. The van der Waals surface area contributed by atoms with Crippen molar-refractivity contribution in [1.29, 1.82) is 0 Å². The molecule has 0 rings (SSSR count). The molecule has 0 saturated heterocycles. The average molecular weight is 295 g/mol. The zero-order valence-corrected chi connectivity index (χ0v) is 13.0. The molecule has 7 heteroatoms. The molecule has 19 heavy (non-hydrogen) atoms. The van der Waals surface area contributed by atoms with Crippen LogP contribution >= 0.6 is 0 Å². The first-order chi connectivity index (χ1) is 8.79. The van der Waals surface area contributed by atoms with Crippen LogP contribution in [-0.2, 0) is 24.3 Å². The minimum atomic E-state index is -3.41. The third-order valence-electron chi connectivity index (χ3n) is 2.38. The maximum atomic E-state index is 11.9. The van der Waals surface area contributed by atoms with Gasteiger partial charge in [0.2, 0.25) is 10.0 Å². The Morgan fingerprint density at radius 1 is 1.26 bits per heavy atom. The second kappa shape index (κ2) is 9.41. The van der Waals surface area contributed by atoms with E-state index >= 15 is 0 Å². The van der Waals surface area contributed by atoms with Crippen molar-refractivity contribution < 1.29 is 22.7 Å². The summed E-state index contributed by atoms with van der Waals surface area (Å²) < 4.78 is 35.5. The van der Waals surface area contributed by atoms with Crippen molar-refractivity contribution in [2.45, 2.75) is 40.2 Å². The Hall–Kier alpha value is -0.500. The Morgan fingerprint density at radius 2 is 1.89 bits per heavy atom. The predicted octanol–water partition coefficient (Wildman–Crippen LogP) is 1.02. The molecule has 0 aliphatic rings. The van der Waals surface area contributed by atoms with Gasteiger partial charge < -0.3 is 9.47 Å². The third-order valence-corrected chi connectivity index (χ3v) is 4.04. The predicted molar refractivity (Wildman–Crippen MR) is 73.4 cm³/mol. The number of ether oxygens (including phenoxy) is 2. The number of hydrogen-bond donors (Lipinski definition) is 0. The van der Waals surface area contributed by atoms with Gasteiger partial charge in [0.05, 0.1) is 19.3 Å². The number of carbonyl (C=O) groups excluding carboxylic acids is 1. The first-order valence-corrected chi connectivity index (χ1v) is 8.07. The monoisotopic (exact) mass is 295 g/mol. The van der Waals surface area contributed by atoms with Gasteiger partial charge in [-0.05, 0) is 20.8 Å². The Labute approximate surface area is 116 Å². The van der Waals surface area contributed by atoms with E-state index in [-0.39, 0.29) is 31.0 Å². The fourth-order valence-electron chi connectivity index (χ4n) is 1.27. The number of hydrogen-bond acceptors (Lipinski definition) is 5. The van der Waals surface area contributed by atoms with Crippen molar-refractivity contribution in [1.82, 2.24) is 4.31 Å². The highest BCUT2D eigenvalue weighted by molar-refractivity contribution is 7.88. The van der Waals surface area contributed by atoms with Crippen molar-refractivity contribution >= 4 is 15.8 Å². The van der Waals surface area contributed by atoms with Gasteiger partial charge in [0, 0.05) is 19.5 Å². The molecule has 0 fully saturated rings. The van der Waals surface area contributed by atoms with E-state index in [4.69, 9.17) is 9.47 Å². The number of Topliss-reactive ketones (excluding diaryl/α,β-unsaturated/α-hetero) is 1. The molecule has 0 aliphatic heterocycles. The van der Waals surface area contributed by atoms with Crippen LogP contribution in [0.5, 0.6) is 0 Å². The highest BCUT2D eigenvalue weighted by Gasteiger charge is 2.20. The van der Waals surface area contributed by atoms with Crippen molar-refractivity contribution in [2.75, 3.05) is 32.2 Å². The van der Waals surface area contributed by atoms with Gasteiger partial charge in [0.15, 0.2) is 5.94 Å². The summed E-state index contributed by atoms with van der Waals surface area (Å²) in [4.78, 5) is 10.7. The van der Waals surface area contributed by atoms with Crippen LogP contribution in [0.2, 0.25) is 0 Å². The SMILES string of the molecule is CCN(CCOCCC(C)=O)S(=O)(=O)COC(C)C. The Bertz CT molecular complexity index is 353. The number of ketones is 1. The van der Waals surface area contributed by atoms with E-state index < -0.39 is 10.0 Å². The van der Waals surface area contributed by atoms with Crippen LogP contribution in [0.3, 0.4) is 0 Å². The summed E-state index contributed by atoms with van der Waals surface area (Å²) in [7, 11) is -3.41. The molecule has 0 spiro atoms. The first-order valence-electron chi connectivity index (χ1n) is 6.46. The maximum absolute atomic E-state index is 11.9. The summed E-state index contributed by atoms with van der Waals surface area (Å²) in [5.74, 6) is -0.253. The number of carbonyl (C=O) groups is 1. The normalized spacial score (nSPS) is 12.3. The van der Waals surface area contributed by atoms with E-state index in [0.717, 1.165) is 0 Å². The quantitative estimate of drug-likeness (QED) is 0.532. The Kier molecular flexibility index (Phi) is 9.16. The van der Waals surface area contributed by atoms with Gasteiger partial charge in [-0.15, -0.1) is 0 Å². The average Bonchev–Trinajstić information content (AvgIpc) is 2.30. The van der Waals surface area contributed by atoms with E-state index in [9.17, 15) is 13.2 Å². The van der Waals surface area contributed by atoms with Gasteiger partial charge in [-0.3, -0.25) is 4.79 Å². The molecule has 6 nitrogen and oxygen atoms in total. The van der Waals surface area contributed by atoms with E-state index in [1.807, 2.05) is 0 Å². The van der Waals surface area contributed by atoms with Crippen LogP contribution in [-0.4, -0.2) is 56.9 Å². The van der Waals surface area contributed by atoms with Gasteiger partial charge in [-0.2, -0.15) is 4.31 Å². The fourth-order valence-corrected chi connectivity index (χ4v) is 2.61. The minimum absolute atomic E-state index is 0.0605. The highest BCUT2D eigenvalue weighted by atomic mass is 32.2. The number of sulfonamides is 1. The molecule has 0 radical (unpaired) electrons. The Morgan fingerprint density at radius 3 is 2.37 bits per heavy atom. The van der Waals surface area contributed by atoms with Crippen LogP contribution in [0.25, 0.3) is 0 Å². The van der Waals surface area contributed by atoms with Crippen LogP contribution < -0.4 is 0 Å². The third kappa shape index (κ3) is 9.10. The van der Waals surface area contributed by atoms with Crippen LogP contribution in [0, 0.1) is 0 Å². The zero-order valence-electron chi connectivity index (χ0n) is 12.2. The summed E-state index contributed by atoms with van der Waals surface area (Å²) in [6.07, 6.45) is 0.232. The van der Waals surface area contributed by atoms with Gasteiger partial charge in [-0.1, -0.05) is 6.92 Å². The summed E-state index contributed by atoms with van der Waals surface area (Å²) in [5.41, 5.74) is 0. The van der Waals surface area contributed by atoms with Crippen molar-refractivity contribution in [2.24, 2.45) is 0 Å². The summed E-state index contributed by atoms with van der Waals surface area (Å²) in [6, 6.07) is 0. The maximum Gasteiger partial charge on any atom is 0.238 e. The minimum Gasteiger partial charge on any atom is -0.380 e. The smallest absolute Gasteiger partial charge is 0.238 e. The largest absolute Gasteiger partial charge is 0.380 e. The first kappa shape index (κ1) is 18.5. The van der Waals surface area contributed by atoms with Crippen LogP contribution in [0.4, 0.5) is 0 Å². The lowest BCUT2D eigenvalue weighted by Gasteiger charge is -2.21. The van der Waals surface area contributed by atoms with E-state index in [1.54, 1.807) is 20.8 Å². The van der Waals surface area contributed by atoms with Gasteiger partial charge in [0.25, 0.3) is 0 Å². The molecule has 0 N–H and O–H groups in total. The lowest BCUT2D eigenvalue weighted by atomic mass is 10.3. The molecule has 114 valence electrons. The molecular formula is C12H25NO5S. The molecule has 0 atom stereocenters. The van der Waals surface area contributed by atoms with Gasteiger partial charge in [0.1, 0.15) is 5.78 Å². The zero-order chi connectivity index (χ0) is 14.9. The number of nitrogens with zero attached hydrogens (tertiary/aromatic N) is 1. The number of rotatable bonds is 11. The molecule has 0 aromatic rings. The number of likely N-dealkylation sites (N-methyl/N-ethyl adjacent to an activating group) is 1. The lowest BCUT2D eigenvalue weighted by Crippen LogP contribution is -2.36. The second-order valence-electron chi connectivity index (χ2n) is 4.50. The van der Waals surface area contributed by atoms with Crippen LogP contribution in [0.1, 0.15) is 34.1 Å². The molecule has 0 aromatic carbocycles. The molecule has 0 amide bonds. The van der Waals surface area contributed by atoms with Crippen molar-refractivity contribution in [3.63, 3.8) is 0 Å². The molecular weight excluding hydrogens is 270 g/mol. The second-order valence-corrected chi connectivity index (χ2v) is 6.42. The van der Waals surface area contributed by atoms with E-state index in [2.05, 4.69) is 0 Å². The lowest BCUT2D eigenvalue weighted by molar-refractivity contribution is -0.118. The van der Waals surface area contributed by atoms with Gasteiger partial charge in [-0.25, -0.2) is 8.42 Å². The molecule has 0 aromatic heterocycles. The molecule has 0 saturated carbocycles. The molecule has 0 unspecified atom stereocenters. The highest BCUT2D eigenvalue weighted by Crippen LogP contribution is 2.03. The summed E-state index contributed by atoms with van der Waals surface area (Å²) in [6.45, 7) is 8.10. The molecule has 0 aliphatic carbocycles. The topological polar surface area (TPSA) is 72.9 Å². The standard InChI is InChI=1S/C12H25NO5S/c1-5-13(7-9-17-8-6-12(4)14)19(15,16)10-18-11(2)3/h11H,5-10H2,1-4H3. The van der Waals surface area contributed by atoms with Crippen molar-refractivity contribution in [3.05, 3.63) is 0 Å². The Balaban J connectivity index is 4.08. The van der Waals surface area contributed by atoms with Crippen LogP contribution in [0.15, 0.2) is 0 Å². The molecule has 0 heterocycles. The van der Waals surface area contributed by atoms with E-state index in [0.29, 0.717) is 19.6 Å². The summed E-state index contributed by atoms with van der Waals surface area (Å²) in [5, 5.41) is 0. The van der Waals surface area contributed by atoms with Crippen molar-refractivity contribution in [3.8, 4) is 0 Å².